The van der Waals surface area contributed by atoms with E-state index in [0.29, 0.717) is 22.6 Å². The number of H-pyrrole nitrogens is 1. The Morgan fingerprint density at radius 3 is 2.71 bits per heavy atom. The number of halogens is 2. The lowest BCUT2D eigenvalue weighted by Gasteiger charge is -1.97. The summed E-state index contributed by atoms with van der Waals surface area (Å²) in [5.74, 6) is -0.309. The third-order valence-electron chi connectivity index (χ3n) is 2.57. The molecule has 4 N–H and O–H groups in total. The Bertz CT molecular complexity index is 756. The number of aromatic amines is 1. The predicted molar refractivity (Wildman–Crippen MR) is 79.4 cm³/mol. The molecule has 11 heteroatoms. The molecule has 0 saturated heterocycles. The molecule has 3 heterocycles. The molecule has 0 fully saturated rings. The second kappa shape index (κ2) is 6.37. The van der Waals surface area contributed by atoms with Gasteiger partial charge >= 0.3 is 5.97 Å². The van der Waals surface area contributed by atoms with Crippen molar-refractivity contribution in [2.45, 2.75) is 6.54 Å². The Balaban J connectivity index is 0.00000110. The fourth-order valence-corrected chi connectivity index (χ4v) is 1.83. The molecule has 0 aromatic carbocycles. The van der Waals surface area contributed by atoms with Gasteiger partial charge in [-0.3, -0.25) is 4.79 Å². The van der Waals surface area contributed by atoms with E-state index in [0.717, 1.165) is 0 Å². The number of aromatic nitrogens is 6. The number of hydrogen-bond donors (Lipinski definition) is 3. The van der Waals surface area contributed by atoms with E-state index >= 15 is 0 Å². The number of imidazole rings is 1. The van der Waals surface area contributed by atoms with Gasteiger partial charge in [-0.05, 0) is 0 Å². The first-order chi connectivity index (χ1) is 9.16. The Morgan fingerprint density at radius 2 is 2.10 bits per heavy atom. The van der Waals surface area contributed by atoms with E-state index in [-0.39, 0.29) is 37.2 Å². The molecule has 3 aromatic rings. The molecule has 0 aliphatic carbocycles. The first-order valence-electron chi connectivity index (χ1n) is 5.35. The Hall–Kier alpha value is -2.39. The van der Waals surface area contributed by atoms with Gasteiger partial charge in [-0.2, -0.15) is 5.10 Å². The van der Waals surface area contributed by atoms with Gasteiger partial charge in [0.1, 0.15) is 24.4 Å². The standard InChI is InChI=1S/C10H9N7O2.2ClH/c11-8-6-7(9-12-1-2-13-9)16-17(3-5(18)19)10(6)15-4-14-8;;/h1-2,4H,3H2,(H,12,13)(H,18,19)(H2,11,14,15);2*1H. The topological polar surface area (TPSA) is 136 Å². The number of carboxylic acid groups (broad SMARTS) is 1. The van der Waals surface area contributed by atoms with Gasteiger partial charge in [0, 0.05) is 12.4 Å². The number of fused-ring (bicyclic) bond motifs is 1. The van der Waals surface area contributed by atoms with Crippen molar-refractivity contribution >= 4 is 47.6 Å². The first-order valence-corrected chi connectivity index (χ1v) is 5.35. The SMILES string of the molecule is Cl.Cl.Nc1ncnc2c1c(-c1ncc[nH]1)nn2CC(=O)O. The van der Waals surface area contributed by atoms with Crippen LogP contribution in [-0.4, -0.2) is 40.8 Å². The number of nitrogens with zero attached hydrogens (tertiary/aromatic N) is 5. The zero-order valence-corrected chi connectivity index (χ0v) is 12.1. The number of nitrogens with one attached hydrogen (secondary N) is 1. The second-order valence-electron chi connectivity index (χ2n) is 3.80. The molecule has 0 radical (unpaired) electrons. The van der Waals surface area contributed by atoms with E-state index in [1.807, 2.05) is 0 Å². The summed E-state index contributed by atoms with van der Waals surface area (Å²) in [6.07, 6.45) is 4.47. The summed E-state index contributed by atoms with van der Waals surface area (Å²) in [6, 6.07) is 0. The number of nitrogen functional groups attached to an aromatic ring is 1. The molecule has 21 heavy (non-hydrogen) atoms. The zero-order valence-electron chi connectivity index (χ0n) is 10.4. The van der Waals surface area contributed by atoms with Gasteiger partial charge in [-0.15, -0.1) is 24.8 Å². The van der Waals surface area contributed by atoms with E-state index in [2.05, 4.69) is 25.0 Å². The van der Waals surface area contributed by atoms with E-state index in [1.54, 1.807) is 12.4 Å². The van der Waals surface area contributed by atoms with Crippen LogP contribution in [0.2, 0.25) is 0 Å². The molecule has 0 spiro atoms. The summed E-state index contributed by atoms with van der Waals surface area (Å²) in [7, 11) is 0. The quantitative estimate of drug-likeness (QED) is 0.643. The third-order valence-corrected chi connectivity index (χ3v) is 2.57. The van der Waals surface area contributed by atoms with Crippen LogP contribution in [0, 0.1) is 0 Å². The third kappa shape index (κ3) is 2.88. The van der Waals surface area contributed by atoms with Crippen molar-refractivity contribution in [3.63, 3.8) is 0 Å². The van der Waals surface area contributed by atoms with Gasteiger partial charge < -0.3 is 15.8 Å². The minimum atomic E-state index is -1.02. The van der Waals surface area contributed by atoms with E-state index in [1.165, 1.54) is 11.0 Å². The van der Waals surface area contributed by atoms with Crippen LogP contribution >= 0.6 is 24.8 Å². The van der Waals surface area contributed by atoms with E-state index in [9.17, 15) is 4.79 Å². The van der Waals surface area contributed by atoms with Crippen molar-refractivity contribution in [3.05, 3.63) is 18.7 Å². The molecular formula is C10H11Cl2N7O2. The van der Waals surface area contributed by atoms with Gasteiger partial charge in [0.25, 0.3) is 0 Å². The van der Waals surface area contributed by atoms with E-state index in [4.69, 9.17) is 10.8 Å². The molecule has 0 saturated carbocycles. The summed E-state index contributed by atoms with van der Waals surface area (Å²) in [5, 5.41) is 13.6. The number of nitrogens with two attached hydrogens (primary N) is 1. The van der Waals surface area contributed by atoms with Crippen molar-refractivity contribution in [2.24, 2.45) is 0 Å². The molecular weight excluding hydrogens is 321 g/mol. The monoisotopic (exact) mass is 331 g/mol. The largest absolute Gasteiger partial charge is 0.480 e. The Kier molecular flexibility index (Phi) is 5.06. The molecule has 0 aliphatic rings. The Morgan fingerprint density at radius 1 is 1.33 bits per heavy atom. The maximum atomic E-state index is 10.8. The molecule has 3 aromatic heterocycles. The number of carboxylic acids is 1. The van der Waals surface area contributed by atoms with Gasteiger partial charge in [0.2, 0.25) is 0 Å². The molecule has 0 amide bonds. The summed E-state index contributed by atoms with van der Waals surface area (Å²) in [4.78, 5) is 25.7. The van der Waals surface area contributed by atoms with Crippen LogP contribution in [0.5, 0.6) is 0 Å². The van der Waals surface area contributed by atoms with Crippen LogP contribution < -0.4 is 5.73 Å². The molecule has 3 rings (SSSR count). The van der Waals surface area contributed by atoms with Crippen LogP contribution in [0.1, 0.15) is 0 Å². The normalized spacial score (nSPS) is 9.90. The number of aliphatic carboxylic acids is 1. The van der Waals surface area contributed by atoms with Crippen molar-refractivity contribution in [2.75, 3.05) is 5.73 Å². The molecule has 0 bridgehead atoms. The minimum absolute atomic E-state index is 0. The van der Waals surface area contributed by atoms with Gasteiger partial charge in [-0.1, -0.05) is 0 Å². The smallest absolute Gasteiger partial charge is 0.325 e. The number of hydrogen-bond acceptors (Lipinski definition) is 6. The average molecular weight is 332 g/mol. The van der Waals surface area contributed by atoms with Crippen molar-refractivity contribution < 1.29 is 9.90 Å². The average Bonchev–Trinajstić information content (AvgIpc) is 2.97. The Labute approximate surface area is 130 Å². The van der Waals surface area contributed by atoms with E-state index < -0.39 is 5.97 Å². The fraction of sp³-hybridized carbons (Fsp3) is 0.100. The first kappa shape index (κ1) is 16.7. The van der Waals surface area contributed by atoms with Gasteiger partial charge in [-0.25, -0.2) is 19.6 Å². The van der Waals surface area contributed by atoms with Crippen molar-refractivity contribution in [3.8, 4) is 11.5 Å². The highest BCUT2D eigenvalue weighted by atomic mass is 35.5. The lowest BCUT2D eigenvalue weighted by Crippen LogP contribution is -2.10. The minimum Gasteiger partial charge on any atom is -0.480 e. The molecule has 9 nitrogen and oxygen atoms in total. The summed E-state index contributed by atoms with van der Waals surface area (Å²) in [6.45, 7) is -0.312. The highest BCUT2D eigenvalue weighted by Crippen LogP contribution is 2.27. The number of carbonyl (C=O) groups is 1. The summed E-state index contributed by atoms with van der Waals surface area (Å²) in [5.41, 5.74) is 6.61. The molecule has 0 unspecified atom stereocenters. The zero-order chi connectivity index (χ0) is 13.4. The van der Waals surface area contributed by atoms with Crippen LogP contribution in [0.3, 0.4) is 0 Å². The fourth-order valence-electron chi connectivity index (χ4n) is 1.83. The van der Waals surface area contributed by atoms with Crippen LogP contribution in [0.15, 0.2) is 18.7 Å². The van der Waals surface area contributed by atoms with Crippen LogP contribution in [0.4, 0.5) is 5.82 Å². The maximum absolute atomic E-state index is 10.8. The van der Waals surface area contributed by atoms with Gasteiger partial charge in [0.15, 0.2) is 11.5 Å². The lowest BCUT2D eigenvalue weighted by molar-refractivity contribution is -0.137. The maximum Gasteiger partial charge on any atom is 0.325 e. The van der Waals surface area contributed by atoms with Crippen LogP contribution in [0.25, 0.3) is 22.6 Å². The summed E-state index contributed by atoms with van der Waals surface area (Å²) >= 11 is 0. The van der Waals surface area contributed by atoms with Gasteiger partial charge in [0.05, 0.1) is 5.39 Å². The number of rotatable bonds is 3. The van der Waals surface area contributed by atoms with Crippen LogP contribution in [-0.2, 0) is 11.3 Å². The summed E-state index contributed by atoms with van der Waals surface area (Å²) < 4.78 is 1.26. The van der Waals surface area contributed by atoms with Crippen molar-refractivity contribution in [1.29, 1.82) is 0 Å². The molecule has 112 valence electrons. The molecule has 0 aliphatic heterocycles. The highest BCUT2D eigenvalue weighted by Gasteiger charge is 2.19. The highest BCUT2D eigenvalue weighted by molar-refractivity contribution is 5.97. The number of anilines is 1. The molecule has 0 atom stereocenters. The second-order valence-corrected chi connectivity index (χ2v) is 3.80. The lowest BCUT2D eigenvalue weighted by atomic mass is 10.2. The van der Waals surface area contributed by atoms with Crippen molar-refractivity contribution in [1.82, 2.24) is 29.7 Å². The predicted octanol–water partition coefficient (Wildman–Crippen LogP) is 0.727.